The van der Waals surface area contributed by atoms with Gasteiger partial charge in [0, 0.05) is 40.0 Å². The molecular formula is C22H18BrN3O2. The van der Waals surface area contributed by atoms with Crippen molar-refractivity contribution in [2.24, 2.45) is 5.10 Å². The summed E-state index contributed by atoms with van der Waals surface area (Å²) in [5.41, 5.74) is 4.81. The first-order valence-corrected chi connectivity index (χ1v) is 9.91. The van der Waals surface area contributed by atoms with Crippen LogP contribution in [-0.4, -0.2) is 20.8 Å². The van der Waals surface area contributed by atoms with E-state index in [2.05, 4.69) is 27.0 Å². The van der Waals surface area contributed by atoms with Gasteiger partial charge in [-0.1, -0.05) is 27.6 Å². The van der Waals surface area contributed by atoms with Crippen LogP contribution in [0.2, 0.25) is 0 Å². The van der Waals surface area contributed by atoms with Crippen molar-refractivity contribution >= 4 is 21.6 Å². The van der Waals surface area contributed by atoms with Crippen LogP contribution < -0.4 is 4.74 Å². The highest BCUT2D eigenvalue weighted by Gasteiger charge is 2.41. The average molecular weight is 436 g/mol. The van der Waals surface area contributed by atoms with Crippen LogP contribution in [0, 0.1) is 6.92 Å². The minimum absolute atomic E-state index is 0.0364. The molecule has 28 heavy (non-hydrogen) atoms. The Kier molecular flexibility index (Phi) is 4.09. The number of ether oxygens (including phenoxy) is 1. The van der Waals surface area contributed by atoms with Crippen LogP contribution in [0.5, 0.6) is 11.5 Å². The quantitative estimate of drug-likeness (QED) is 0.608. The molecular weight excluding hydrogens is 418 g/mol. The Morgan fingerprint density at radius 1 is 1.11 bits per heavy atom. The van der Waals surface area contributed by atoms with Gasteiger partial charge in [-0.15, -0.1) is 0 Å². The van der Waals surface area contributed by atoms with Crippen molar-refractivity contribution in [3.63, 3.8) is 0 Å². The first-order valence-electron chi connectivity index (χ1n) is 9.12. The Morgan fingerprint density at radius 2 is 1.93 bits per heavy atom. The number of hydrazone groups is 1. The fourth-order valence-corrected chi connectivity index (χ4v) is 4.23. The molecule has 0 radical (unpaired) electrons. The van der Waals surface area contributed by atoms with Crippen molar-refractivity contribution in [2.75, 3.05) is 0 Å². The summed E-state index contributed by atoms with van der Waals surface area (Å²) in [6.07, 6.45) is 3.88. The molecule has 0 fully saturated rings. The van der Waals surface area contributed by atoms with E-state index in [1.165, 1.54) is 0 Å². The molecule has 3 heterocycles. The molecule has 0 saturated carbocycles. The number of aryl methyl sites for hydroxylation is 1. The lowest BCUT2D eigenvalue weighted by Crippen LogP contribution is -2.33. The number of aromatic nitrogens is 1. The molecule has 2 aliphatic heterocycles. The Bertz CT molecular complexity index is 1080. The lowest BCUT2D eigenvalue weighted by molar-refractivity contribution is -0.0191. The third kappa shape index (κ3) is 2.85. The van der Waals surface area contributed by atoms with Crippen LogP contribution in [0.4, 0.5) is 0 Å². The summed E-state index contributed by atoms with van der Waals surface area (Å²) >= 11 is 3.57. The maximum absolute atomic E-state index is 10.4. The van der Waals surface area contributed by atoms with Gasteiger partial charge in [0.05, 0.1) is 11.8 Å². The van der Waals surface area contributed by atoms with Crippen LogP contribution in [0.15, 0.2) is 70.5 Å². The molecule has 3 aromatic rings. The van der Waals surface area contributed by atoms with E-state index in [4.69, 9.17) is 9.84 Å². The Labute approximate surface area is 171 Å². The largest absolute Gasteiger partial charge is 0.507 e. The number of hydrogen-bond acceptors (Lipinski definition) is 5. The molecule has 0 aliphatic carbocycles. The van der Waals surface area contributed by atoms with E-state index < -0.39 is 0 Å². The summed E-state index contributed by atoms with van der Waals surface area (Å²) in [6, 6.07) is 15.6. The molecule has 1 N–H and O–H groups in total. The summed E-state index contributed by atoms with van der Waals surface area (Å²) in [4.78, 5) is 4.12. The van der Waals surface area contributed by atoms with Crippen molar-refractivity contribution in [3.05, 3.63) is 87.7 Å². The predicted octanol–water partition coefficient (Wildman–Crippen LogP) is 5.10. The second kappa shape index (κ2) is 6.63. The summed E-state index contributed by atoms with van der Waals surface area (Å²) in [5, 5.41) is 17.3. The van der Waals surface area contributed by atoms with Gasteiger partial charge < -0.3 is 9.84 Å². The van der Waals surface area contributed by atoms with E-state index in [9.17, 15) is 5.11 Å². The van der Waals surface area contributed by atoms with Gasteiger partial charge >= 0.3 is 0 Å². The number of fused-ring (bicyclic) bond motifs is 3. The van der Waals surface area contributed by atoms with E-state index in [1.807, 2.05) is 48.3 Å². The molecule has 5 rings (SSSR count). The maximum atomic E-state index is 10.4. The highest BCUT2D eigenvalue weighted by atomic mass is 79.9. The molecule has 1 aromatic heterocycles. The Balaban J connectivity index is 1.63. The summed E-state index contributed by atoms with van der Waals surface area (Å²) in [7, 11) is 0. The first-order chi connectivity index (χ1) is 13.6. The smallest absolute Gasteiger partial charge is 0.213 e. The normalized spacial score (nSPS) is 20.2. The third-order valence-electron chi connectivity index (χ3n) is 5.21. The second-order valence-electron chi connectivity index (χ2n) is 7.10. The first kappa shape index (κ1) is 17.3. The van der Waals surface area contributed by atoms with Crippen molar-refractivity contribution < 1.29 is 9.84 Å². The fourth-order valence-electron chi connectivity index (χ4n) is 3.85. The molecule has 0 saturated heterocycles. The lowest BCUT2D eigenvalue weighted by atomic mass is 9.95. The standard InChI is InChI=1S/C22H18BrN3O2/c1-13-2-4-20(27)16(10-13)18-12-19-17-11-15(23)3-5-21(17)28-22(26(19)25-18)14-6-8-24-9-7-14/h2-11,19,22,27H,12H2,1H3/t19-,22-/m1/s1. The van der Waals surface area contributed by atoms with Gasteiger partial charge in [0.2, 0.25) is 6.23 Å². The summed E-state index contributed by atoms with van der Waals surface area (Å²) in [6.45, 7) is 2.01. The van der Waals surface area contributed by atoms with Gasteiger partial charge in [0.25, 0.3) is 0 Å². The van der Waals surface area contributed by atoms with Gasteiger partial charge in [0.15, 0.2) is 0 Å². The van der Waals surface area contributed by atoms with Crippen LogP contribution in [0.25, 0.3) is 0 Å². The average Bonchev–Trinajstić information content (AvgIpc) is 3.15. The van der Waals surface area contributed by atoms with Crippen LogP contribution in [0.1, 0.15) is 40.9 Å². The number of phenols is 1. The molecule has 0 amide bonds. The summed E-state index contributed by atoms with van der Waals surface area (Å²) in [5.74, 6) is 1.11. The van der Waals surface area contributed by atoms with E-state index in [0.717, 1.165) is 38.2 Å². The molecule has 2 aromatic carbocycles. The SMILES string of the molecule is Cc1ccc(O)c(C2=NN3[C@H](C2)c2cc(Br)ccc2O[C@@H]3c2ccncc2)c1. The van der Waals surface area contributed by atoms with E-state index in [0.29, 0.717) is 6.42 Å². The van der Waals surface area contributed by atoms with Gasteiger partial charge in [-0.2, -0.15) is 5.10 Å². The van der Waals surface area contributed by atoms with Gasteiger partial charge in [-0.05, 0) is 49.4 Å². The minimum Gasteiger partial charge on any atom is -0.507 e. The van der Waals surface area contributed by atoms with Crippen LogP contribution in [-0.2, 0) is 0 Å². The number of hydrogen-bond donors (Lipinski definition) is 1. The van der Waals surface area contributed by atoms with Crippen molar-refractivity contribution in [2.45, 2.75) is 25.6 Å². The molecule has 5 nitrogen and oxygen atoms in total. The number of rotatable bonds is 2. The van der Waals surface area contributed by atoms with Crippen molar-refractivity contribution in [1.82, 2.24) is 9.99 Å². The highest BCUT2D eigenvalue weighted by Crippen LogP contribution is 2.48. The summed E-state index contributed by atoms with van der Waals surface area (Å²) < 4.78 is 7.34. The molecule has 0 unspecified atom stereocenters. The zero-order valence-electron chi connectivity index (χ0n) is 15.2. The number of aromatic hydroxyl groups is 1. The molecule has 0 bridgehead atoms. The Morgan fingerprint density at radius 3 is 2.75 bits per heavy atom. The number of nitrogens with zero attached hydrogens (tertiary/aromatic N) is 3. The Hall–Kier alpha value is -2.86. The zero-order valence-corrected chi connectivity index (χ0v) is 16.8. The van der Waals surface area contributed by atoms with Gasteiger partial charge in [0.1, 0.15) is 11.5 Å². The maximum Gasteiger partial charge on any atom is 0.213 e. The topological polar surface area (TPSA) is 58.0 Å². The molecule has 140 valence electrons. The predicted molar refractivity (Wildman–Crippen MR) is 110 cm³/mol. The van der Waals surface area contributed by atoms with Crippen molar-refractivity contribution in [1.29, 1.82) is 0 Å². The number of benzene rings is 2. The number of phenolic OH excluding ortho intramolecular Hbond substituents is 1. The van der Waals surface area contributed by atoms with Crippen LogP contribution >= 0.6 is 15.9 Å². The molecule has 6 heteroatoms. The molecule has 2 atom stereocenters. The monoisotopic (exact) mass is 435 g/mol. The lowest BCUT2D eigenvalue weighted by Gasteiger charge is -2.38. The van der Waals surface area contributed by atoms with Gasteiger partial charge in [-0.25, -0.2) is 5.01 Å². The fraction of sp³-hybridized carbons (Fsp3) is 0.182. The molecule has 0 spiro atoms. The second-order valence-corrected chi connectivity index (χ2v) is 8.02. The minimum atomic E-state index is -0.342. The number of halogens is 1. The zero-order chi connectivity index (χ0) is 19.3. The van der Waals surface area contributed by atoms with E-state index in [1.54, 1.807) is 18.5 Å². The molecule has 2 aliphatic rings. The highest BCUT2D eigenvalue weighted by molar-refractivity contribution is 9.10. The van der Waals surface area contributed by atoms with Gasteiger partial charge in [-0.3, -0.25) is 4.98 Å². The van der Waals surface area contributed by atoms with E-state index >= 15 is 0 Å². The van der Waals surface area contributed by atoms with Crippen LogP contribution in [0.3, 0.4) is 0 Å². The number of pyridine rings is 1. The van der Waals surface area contributed by atoms with Crippen molar-refractivity contribution in [3.8, 4) is 11.5 Å². The third-order valence-corrected chi connectivity index (χ3v) is 5.70. The van der Waals surface area contributed by atoms with E-state index in [-0.39, 0.29) is 18.0 Å².